The van der Waals surface area contributed by atoms with Gasteiger partial charge in [-0.3, -0.25) is 4.79 Å². The summed E-state index contributed by atoms with van der Waals surface area (Å²) in [5.41, 5.74) is 5.36. The predicted octanol–water partition coefficient (Wildman–Crippen LogP) is -0.438. The largest absolute Gasteiger partial charge is 0.387 e. The van der Waals surface area contributed by atoms with Crippen molar-refractivity contribution in [2.45, 2.75) is 13.0 Å². The fraction of sp³-hybridized carbons (Fsp3) is 0.500. The van der Waals surface area contributed by atoms with Gasteiger partial charge in [-0.25, -0.2) is 9.67 Å². The smallest absolute Gasteiger partial charge is 0.246 e. The molecule has 15 heavy (non-hydrogen) atoms. The molecule has 7 heteroatoms. The highest BCUT2D eigenvalue weighted by Crippen LogP contribution is 2.06. The van der Waals surface area contributed by atoms with Crippen molar-refractivity contribution in [3.8, 4) is 0 Å². The van der Waals surface area contributed by atoms with E-state index in [0.29, 0.717) is 0 Å². The van der Waals surface area contributed by atoms with Crippen molar-refractivity contribution in [2.75, 3.05) is 14.1 Å². The summed E-state index contributed by atoms with van der Waals surface area (Å²) in [5, 5.41) is 4.00. The number of rotatable bonds is 3. The standard InChI is InChI=1S/C8H13N5OS/c1-5(8(14)12(2)3)13-4-10-7(11-13)6(9)15/h4-5H,1-3H3,(H2,9,15). The van der Waals surface area contributed by atoms with Gasteiger partial charge in [0.25, 0.3) is 0 Å². The Balaban J connectivity index is 2.87. The third-order valence-corrected chi connectivity index (χ3v) is 2.11. The van der Waals surface area contributed by atoms with E-state index in [1.54, 1.807) is 21.0 Å². The Kier molecular flexibility index (Phi) is 3.35. The highest BCUT2D eigenvalue weighted by atomic mass is 32.1. The monoisotopic (exact) mass is 227 g/mol. The number of likely N-dealkylation sites (N-methyl/N-ethyl adjacent to an activating group) is 1. The highest BCUT2D eigenvalue weighted by molar-refractivity contribution is 7.80. The lowest BCUT2D eigenvalue weighted by Crippen LogP contribution is -2.30. The number of carbonyl (C=O) groups excluding carboxylic acids is 1. The second kappa shape index (κ2) is 4.35. The molecular weight excluding hydrogens is 214 g/mol. The van der Waals surface area contributed by atoms with Crippen LogP contribution >= 0.6 is 12.2 Å². The molecule has 0 fully saturated rings. The van der Waals surface area contributed by atoms with Crippen LogP contribution in [0.3, 0.4) is 0 Å². The Morgan fingerprint density at radius 1 is 1.67 bits per heavy atom. The summed E-state index contributed by atoms with van der Waals surface area (Å²) in [4.78, 5) is 17.1. The van der Waals surface area contributed by atoms with Crippen LogP contribution in [0.25, 0.3) is 0 Å². The van der Waals surface area contributed by atoms with E-state index in [4.69, 9.17) is 18.0 Å². The molecule has 2 N–H and O–H groups in total. The maximum atomic E-state index is 11.6. The first-order valence-electron chi connectivity index (χ1n) is 4.35. The molecule has 0 aromatic carbocycles. The highest BCUT2D eigenvalue weighted by Gasteiger charge is 2.18. The molecule has 0 bridgehead atoms. The first-order valence-corrected chi connectivity index (χ1v) is 4.76. The Bertz CT molecular complexity index is 386. The first kappa shape index (κ1) is 11.6. The zero-order chi connectivity index (χ0) is 11.6. The number of aromatic nitrogens is 3. The van der Waals surface area contributed by atoms with Crippen molar-refractivity contribution in [1.82, 2.24) is 19.7 Å². The molecule has 0 aliphatic rings. The fourth-order valence-electron chi connectivity index (χ4n) is 1.06. The van der Waals surface area contributed by atoms with Crippen molar-refractivity contribution in [1.29, 1.82) is 0 Å². The van der Waals surface area contributed by atoms with Crippen molar-refractivity contribution < 1.29 is 4.79 Å². The van der Waals surface area contributed by atoms with E-state index in [1.165, 1.54) is 15.9 Å². The number of hydrogen-bond donors (Lipinski definition) is 1. The van der Waals surface area contributed by atoms with E-state index in [1.807, 2.05) is 0 Å². The van der Waals surface area contributed by atoms with E-state index in [2.05, 4.69) is 10.1 Å². The van der Waals surface area contributed by atoms with Gasteiger partial charge in [0.1, 0.15) is 17.4 Å². The Morgan fingerprint density at radius 2 is 2.27 bits per heavy atom. The molecule has 0 aliphatic carbocycles. The van der Waals surface area contributed by atoms with Gasteiger partial charge in [0, 0.05) is 14.1 Å². The topological polar surface area (TPSA) is 77.0 Å². The predicted molar refractivity (Wildman–Crippen MR) is 59.3 cm³/mol. The molecule has 1 aromatic rings. The van der Waals surface area contributed by atoms with E-state index in [9.17, 15) is 4.79 Å². The second-order valence-corrected chi connectivity index (χ2v) is 3.76. The lowest BCUT2D eigenvalue weighted by Gasteiger charge is -2.16. The van der Waals surface area contributed by atoms with Gasteiger partial charge in [-0.1, -0.05) is 12.2 Å². The average Bonchev–Trinajstić information content (AvgIpc) is 2.64. The molecular formula is C8H13N5OS. The number of nitrogens with two attached hydrogens (primary N) is 1. The van der Waals surface area contributed by atoms with E-state index >= 15 is 0 Å². The molecule has 1 unspecified atom stereocenters. The maximum Gasteiger partial charge on any atom is 0.246 e. The average molecular weight is 227 g/mol. The van der Waals surface area contributed by atoms with Gasteiger partial charge in [0.05, 0.1) is 0 Å². The van der Waals surface area contributed by atoms with Crippen LogP contribution in [-0.4, -0.2) is 44.7 Å². The van der Waals surface area contributed by atoms with Crippen molar-refractivity contribution >= 4 is 23.1 Å². The third kappa shape index (κ3) is 2.50. The van der Waals surface area contributed by atoms with Gasteiger partial charge in [-0.05, 0) is 6.92 Å². The Hall–Kier alpha value is -1.50. The van der Waals surface area contributed by atoms with Crippen LogP contribution in [0.2, 0.25) is 0 Å². The SMILES string of the molecule is CC(C(=O)N(C)C)n1cnc(C(N)=S)n1. The summed E-state index contributed by atoms with van der Waals surface area (Å²) < 4.78 is 1.44. The molecule has 0 saturated heterocycles. The summed E-state index contributed by atoms with van der Waals surface area (Å²) >= 11 is 4.72. The number of thiocarbonyl (C=S) groups is 1. The van der Waals surface area contributed by atoms with Crippen LogP contribution in [0, 0.1) is 0 Å². The van der Waals surface area contributed by atoms with Gasteiger partial charge in [-0.15, -0.1) is 5.10 Å². The fourth-order valence-corrected chi connectivity index (χ4v) is 1.15. The number of nitrogens with zero attached hydrogens (tertiary/aromatic N) is 4. The lowest BCUT2D eigenvalue weighted by molar-refractivity contribution is -0.131. The van der Waals surface area contributed by atoms with Crippen LogP contribution in [0.1, 0.15) is 18.8 Å². The lowest BCUT2D eigenvalue weighted by atomic mass is 10.3. The van der Waals surface area contributed by atoms with Gasteiger partial charge < -0.3 is 10.6 Å². The summed E-state index contributed by atoms with van der Waals surface area (Å²) in [6, 6.07) is -0.407. The van der Waals surface area contributed by atoms with E-state index < -0.39 is 6.04 Å². The molecule has 0 radical (unpaired) electrons. The van der Waals surface area contributed by atoms with Gasteiger partial charge >= 0.3 is 0 Å². The zero-order valence-electron chi connectivity index (χ0n) is 8.84. The zero-order valence-corrected chi connectivity index (χ0v) is 9.65. The molecule has 1 rings (SSSR count). The number of hydrogen-bond acceptors (Lipinski definition) is 4. The molecule has 0 saturated carbocycles. The van der Waals surface area contributed by atoms with E-state index in [-0.39, 0.29) is 16.7 Å². The summed E-state index contributed by atoms with van der Waals surface area (Å²) in [6.45, 7) is 1.74. The van der Waals surface area contributed by atoms with Crippen molar-refractivity contribution in [2.24, 2.45) is 5.73 Å². The molecule has 1 amide bonds. The molecule has 1 aromatic heterocycles. The van der Waals surface area contributed by atoms with Gasteiger partial charge in [-0.2, -0.15) is 0 Å². The molecule has 1 heterocycles. The van der Waals surface area contributed by atoms with Crippen molar-refractivity contribution in [3.05, 3.63) is 12.2 Å². The first-order chi connectivity index (χ1) is 6.93. The Labute approximate surface area is 93.1 Å². The number of carbonyl (C=O) groups is 1. The summed E-state index contributed by atoms with van der Waals surface area (Å²) in [5.74, 6) is 0.220. The van der Waals surface area contributed by atoms with Crippen LogP contribution in [0.15, 0.2) is 6.33 Å². The molecule has 6 nitrogen and oxygen atoms in total. The van der Waals surface area contributed by atoms with Crippen LogP contribution < -0.4 is 5.73 Å². The summed E-state index contributed by atoms with van der Waals surface area (Å²) in [7, 11) is 3.37. The Morgan fingerprint density at radius 3 is 2.67 bits per heavy atom. The van der Waals surface area contributed by atoms with Crippen LogP contribution in [-0.2, 0) is 4.79 Å². The second-order valence-electron chi connectivity index (χ2n) is 3.32. The van der Waals surface area contributed by atoms with Gasteiger partial charge in [0.15, 0.2) is 0 Å². The van der Waals surface area contributed by atoms with Crippen LogP contribution in [0.5, 0.6) is 0 Å². The van der Waals surface area contributed by atoms with Crippen LogP contribution in [0.4, 0.5) is 0 Å². The third-order valence-electron chi connectivity index (χ3n) is 1.92. The summed E-state index contributed by atoms with van der Waals surface area (Å²) in [6.07, 6.45) is 1.44. The van der Waals surface area contributed by atoms with Crippen molar-refractivity contribution in [3.63, 3.8) is 0 Å². The number of amides is 1. The molecule has 0 spiro atoms. The maximum absolute atomic E-state index is 11.6. The minimum Gasteiger partial charge on any atom is -0.387 e. The minimum atomic E-state index is -0.407. The normalized spacial score (nSPS) is 12.2. The molecule has 0 aliphatic heterocycles. The van der Waals surface area contributed by atoms with Gasteiger partial charge in [0.2, 0.25) is 11.7 Å². The molecule has 82 valence electrons. The minimum absolute atomic E-state index is 0.0608. The van der Waals surface area contributed by atoms with E-state index in [0.717, 1.165) is 0 Å². The molecule has 1 atom stereocenters. The quantitative estimate of drug-likeness (QED) is 0.708.